The van der Waals surface area contributed by atoms with Gasteiger partial charge in [-0.05, 0) is 37.0 Å². The van der Waals surface area contributed by atoms with Gasteiger partial charge in [-0.15, -0.1) is 0 Å². The Hall–Kier alpha value is -1.95. The van der Waals surface area contributed by atoms with Crippen LogP contribution in [0.3, 0.4) is 0 Å². The molecule has 0 aromatic heterocycles. The molecule has 1 heterocycles. The molecule has 0 saturated carbocycles. The predicted molar refractivity (Wildman–Crippen MR) is 94.8 cm³/mol. The number of aryl methyl sites for hydroxylation is 1. The molecule has 138 valence electrons. The zero-order valence-corrected chi connectivity index (χ0v) is 15.2. The molecule has 1 aliphatic rings. The van der Waals surface area contributed by atoms with Gasteiger partial charge in [0.15, 0.2) is 0 Å². The van der Waals surface area contributed by atoms with Crippen molar-refractivity contribution in [3.8, 4) is 0 Å². The summed E-state index contributed by atoms with van der Waals surface area (Å²) in [6.45, 7) is 7.68. The van der Waals surface area contributed by atoms with E-state index in [1.165, 1.54) is 6.07 Å². The summed E-state index contributed by atoms with van der Waals surface area (Å²) in [5, 5.41) is 2.54. The molecule has 1 atom stereocenters. The van der Waals surface area contributed by atoms with Gasteiger partial charge in [-0.25, -0.2) is 4.39 Å². The summed E-state index contributed by atoms with van der Waals surface area (Å²) in [5.74, 6) is -0.412. The van der Waals surface area contributed by atoms with Crippen molar-refractivity contribution in [3.05, 3.63) is 29.6 Å². The van der Waals surface area contributed by atoms with Crippen LogP contribution in [-0.4, -0.2) is 42.5 Å². The Morgan fingerprint density at radius 1 is 1.36 bits per heavy atom. The number of rotatable bonds is 6. The molecule has 25 heavy (non-hydrogen) atoms. The van der Waals surface area contributed by atoms with Crippen LogP contribution in [0.4, 0.5) is 10.1 Å². The van der Waals surface area contributed by atoms with E-state index in [0.717, 1.165) is 12.0 Å². The predicted octanol–water partition coefficient (Wildman–Crippen LogP) is 3.13. The summed E-state index contributed by atoms with van der Waals surface area (Å²) in [4.78, 5) is 26.4. The quantitative estimate of drug-likeness (QED) is 0.857. The molecule has 0 spiro atoms. The summed E-state index contributed by atoms with van der Waals surface area (Å²) in [7, 11) is 0. The fraction of sp³-hybridized carbons (Fsp3) is 0.579. The molecule has 1 unspecified atom stereocenters. The van der Waals surface area contributed by atoms with E-state index in [-0.39, 0.29) is 36.4 Å². The van der Waals surface area contributed by atoms with E-state index in [9.17, 15) is 14.0 Å². The van der Waals surface area contributed by atoms with Crippen molar-refractivity contribution in [3.63, 3.8) is 0 Å². The SMILES string of the molecule is Cc1ccc(F)c(NC(=O)CCC(=O)N2CCOCC2CC(C)C)c1. The van der Waals surface area contributed by atoms with Gasteiger partial charge in [0.25, 0.3) is 0 Å². The van der Waals surface area contributed by atoms with Gasteiger partial charge in [0, 0.05) is 19.4 Å². The first-order valence-corrected chi connectivity index (χ1v) is 8.80. The van der Waals surface area contributed by atoms with Gasteiger partial charge in [-0.2, -0.15) is 0 Å². The molecular weight excluding hydrogens is 323 g/mol. The summed E-state index contributed by atoms with van der Waals surface area (Å²) >= 11 is 0. The number of anilines is 1. The Bertz CT molecular complexity index is 619. The molecule has 0 radical (unpaired) electrons. The standard InChI is InChI=1S/C19H27FN2O3/c1-13(2)10-15-12-25-9-8-22(15)19(24)7-6-18(23)21-17-11-14(3)4-5-16(17)20/h4-5,11,13,15H,6-10,12H2,1-3H3,(H,21,23). The third-order valence-electron chi connectivity index (χ3n) is 4.25. The number of carbonyl (C=O) groups is 2. The fourth-order valence-corrected chi connectivity index (χ4v) is 3.03. The van der Waals surface area contributed by atoms with Gasteiger partial charge in [0.2, 0.25) is 11.8 Å². The van der Waals surface area contributed by atoms with Crippen LogP contribution in [0, 0.1) is 18.7 Å². The summed E-state index contributed by atoms with van der Waals surface area (Å²) in [6.07, 6.45) is 1.04. The Morgan fingerprint density at radius 3 is 2.84 bits per heavy atom. The zero-order chi connectivity index (χ0) is 18.4. The van der Waals surface area contributed by atoms with Crippen molar-refractivity contribution in [1.29, 1.82) is 0 Å². The van der Waals surface area contributed by atoms with Crippen LogP contribution in [0.15, 0.2) is 18.2 Å². The zero-order valence-electron chi connectivity index (χ0n) is 15.2. The van der Waals surface area contributed by atoms with Crippen LogP contribution in [0.1, 0.15) is 38.7 Å². The molecule has 1 saturated heterocycles. The maximum Gasteiger partial charge on any atom is 0.224 e. The number of benzene rings is 1. The van der Waals surface area contributed by atoms with E-state index in [1.807, 2.05) is 11.8 Å². The molecule has 0 bridgehead atoms. The van der Waals surface area contributed by atoms with Crippen LogP contribution in [0.25, 0.3) is 0 Å². The van der Waals surface area contributed by atoms with Gasteiger partial charge in [0.05, 0.1) is 24.9 Å². The fourth-order valence-electron chi connectivity index (χ4n) is 3.03. The first-order valence-electron chi connectivity index (χ1n) is 8.80. The third kappa shape index (κ3) is 5.81. The molecule has 0 aliphatic carbocycles. The van der Waals surface area contributed by atoms with Gasteiger partial charge >= 0.3 is 0 Å². The maximum atomic E-state index is 13.7. The van der Waals surface area contributed by atoms with Crippen LogP contribution in [0.2, 0.25) is 0 Å². The number of halogens is 1. The Balaban J connectivity index is 1.87. The lowest BCUT2D eigenvalue weighted by molar-refractivity contribution is -0.141. The molecule has 1 aromatic rings. The average Bonchev–Trinajstić information content (AvgIpc) is 2.56. The molecule has 2 rings (SSSR count). The molecule has 1 N–H and O–H groups in total. The Labute approximate surface area is 148 Å². The molecule has 6 heteroatoms. The average molecular weight is 350 g/mol. The van der Waals surface area contributed by atoms with Crippen molar-refractivity contribution in [1.82, 2.24) is 4.90 Å². The number of nitrogens with zero attached hydrogens (tertiary/aromatic N) is 1. The van der Waals surface area contributed by atoms with Crippen molar-refractivity contribution in [2.24, 2.45) is 5.92 Å². The number of hydrogen-bond acceptors (Lipinski definition) is 3. The minimum atomic E-state index is -0.476. The van der Waals surface area contributed by atoms with E-state index in [0.29, 0.717) is 25.7 Å². The van der Waals surface area contributed by atoms with Gasteiger partial charge in [-0.1, -0.05) is 19.9 Å². The smallest absolute Gasteiger partial charge is 0.224 e. The highest BCUT2D eigenvalue weighted by molar-refractivity contribution is 5.93. The second-order valence-electron chi connectivity index (χ2n) is 6.98. The summed E-state index contributed by atoms with van der Waals surface area (Å²) in [5.41, 5.74) is 1.01. The Kier molecular flexibility index (Phi) is 6.93. The monoisotopic (exact) mass is 350 g/mol. The van der Waals surface area contributed by atoms with E-state index >= 15 is 0 Å². The first-order chi connectivity index (χ1) is 11.9. The van der Waals surface area contributed by atoms with Gasteiger partial charge in [-0.3, -0.25) is 9.59 Å². The number of morpholine rings is 1. The molecule has 1 aliphatic heterocycles. The van der Waals surface area contributed by atoms with E-state index in [2.05, 4.69) is 19.2 Å². The minimum absolute atomic E-state index is 0.0397. The van der Waals surface area contributed by atoms with Crippen molar-refractivity contribution in [2.45, 2.75) is 46.1 Å². The number of amides is 2. The number of hydrogen-bond donors (Lipinski definition) is 1. The van der Waals surface area contributed by atoms with Gasteiger partial charge in [0.1, 0.15) is 5.82 Å². The van der Waals surface area contributed by atoms with Crippen molar-refractivity contribution in [2.75, 3.05) is 25.1 Å². The lowest BCUT2D eigenvalue weighted by atomic mass is 10.0. The van der Waals surface area contributed by atoms with Crippen molar-refractivity contribution >= 4 is 17.5 Å². The van der Waals surface area contributed by atoms with E-state index < -0.39 is 5.82 Å². The van der Waals surface area contributed by atoms with Crippen LogP contribution < -0.4 is 5.32 Å². The lowest BCUT2D eigenvalue weighted by Crippen LogP contribution is -2.49. The molecule has 5 nitrogen and oxygen atoms in total. The summed E-state index contributed by atoms with van der Waals surface area (Å²) in [6, 6.07) is 4.61. The van der Waals surface area contributed by atoms with Crippen LogP contribution in [-0.2, 0) is 14.3 Å². The number of carbonyl (C=O) groups excluding carboxylic acids is 2. The normalized spacial score (nSPS) is 17.6. The lowest BCUT2D eigenvalue weighted by Gasteiger charge is -2.36. The highest BCUT2D eigenvalue weighted by Crippen LogP contribution is 2.18. The minimum Gasteiger partial charge on any atom is -0.377 e. The van der Waals surface area contributed by atoms with Crippen LogP contribution >= 0.6 is 0 Å². The molecular formula is C19H27FN2O3. The topological polar surface area (TPSA) is 58.6 Å². The highest BCUT2D eigenvalue weighted by atomic mass is 19.1. The van der Waals surface area contributed by atoms with E-state index in [4.69, 9.17) is 4.74 Å². The molecule has 2 amide bonds. The van der Waals surface area contributed by atoms with E-state index in [1.54, 1.807) is 12.1 Å². The molecule has 1 aromatic carbocycles. The first kappa shape index (κ1) is 19.4. The second-order valence-corrected chi connectivity index (χ2v) is 6.98. The Morgan fingerprint density at radius 2 is 2.12 bits per heavy atom. The summed E-state index contributed by atoms with van der Waals surface area (Å²) < 4.78 is 19.2. The highest BCUT2D eigenvalue weighted by Gasteiger charge is 2.27. The second kappa shape index (κ2) is 8.94. The molecule has 1 fully saturated rings. The maximum absolute atomic E-state index is 13.7. The van der Waals surface area contributed by atoms with Gasteiger partial charge < -0.3 is 15.0 Å². The van der Waals surface area contributed by atoms with Crippen molar-refractivity contribution < 1.29 is 18.7 Å². The number of ether oxygens (including phenoxy) is 1. The largest absolute Gasteiger partial charge is 0.377 e. The van der Waals surface area contributed by atoms with Crippen LogP contribution in [0.5, 0.6) is 0 Å². The third-order valence-corrected chi connectivity index (χ3v) is 4.25. The number of nitrogens with one attached hydrogen (secondary N) is 1.